The van der Waals surface area contributed by atoms with Crippen LogP contribution in [-0.4, -0.2) is 92.7 Å². The Hall–Kier alpha value is -1.39. The van der Waals surface area contributed by atoms with E-state index in [1.165, 1.54) is 16.4 Å². The fourth-order valence-corrected chi connectivity index (χ4v) is 6.98. The first kappa shape index (κ1) is 23.8. The van der Waals surface area contributed by atoms with Crippen LogP contribution in [0.1, 0.15) is 32.6 Å². The van der Waals surface area contributed by atoms with Crippen LogP contribution in [0.3, 0.4) is 0 Å². The van der Waals surface area contributed by atoms with E-state index < -0.39 is 10.0 Å². The van der Waals surface area contributed by atoms with Crippen LogP contribution in [0, 0.1) is 0 Å². The largest absolute Gasteiger partial charge is 0.448 e. The molecule has 178 valence electrons. The topological polar surface area (TPSA) is 79.4 Å². The Morgan fingerprint density at radius 2 is 1.84 bits per heavy atom. The molecular weight excluding hydrogens is 454 g/mol. The number of halogens is 1. The van der Waals surface area contributed by atoms with Gasteiger partial charge in [-0.25, -0.2) is 13.2 Å². The summed E-state index contributed by atoms with van der Waals surface area (Å²) in [5.74, 6) is 0. The van der Waals surface area contributed by atoms with Gasteiger partial charge in [0, 0.05) is 43.3 Å². The molecule has 8 nitrogen and oxygen atoms in total. The van der Waals surface area contributed by atoms with Crippen LogP contribution in [0.25, 0.3) is 0 Å². The average molecular weight is 486 g/mol. The summed E-state index contributed by atoms with van der Waals surface area (Å²) in [7, 11) is -3.72. The Morgan fingerprint density at radius 3 is 2.56 bits per heavy atom. The number of carbonyl (C=O) groups excluding carboxylic acids is 1. The van der Waals surface area contributed by atoms with Gasteiger partial charge in [-0.1, -0.05) is 18.0 Å². The van der Waals surface area contributed by atoms with Gasteiger partial charge in [0.25, 0.3) is 0 Å². The van der Waals surface area contributed by atoms with Crippen LogP contribution in [0.4, 0.5) is 4.79 Å². The second-order valence-electron chi connectivity index (χ2n) is 8.84. The highest BCUT2D eigenvalue weighted by Crippen LogP contribution is 2.30. The molecule has 3 aliphatic heterocycles. The van der Waals surface area contributed by atoms with Gasteiger partial charge in [-0.15, -0.1) is 0 Å². The van der Waals surface area contributed by atoms with Crippen molar-refractivity contribution in [1.29, 1.82) is 0 Å². The molecular formula is C22H32ClN3O5S. The van der Waals surface area contributed by atoms with E-state index >= 15 is 0 Å². The molecule has 0 aliphatic carbocycles. The maximum Gasteiger partial charge on any atom is 0.409 e. The Labute approximate surface area is 195 Å². The molecule has 4 rings (SSSR count). The second kappa shape index (κ2) is 10.3. The van der Waals surface area contributed by atoms with E-state index in [0.717, 1.165) is 45.6 Å². The van der Waals surface area contributed by atoms with Crippen molar-refractivity contribution in [2.24, 2.45) is 0 Å². The fraction of sp³-hybridized carbons (Fsp3) is 0.682. The number of hydrogen-bond acceptors (Lipinski definition) is 6. The molecule has 0 aromatic heterocycles. The van der Waals surface area contributed by atoms with Crippen LogP contribution in [0.2, 0.25) is 5.02 Å². The minimum atomic E-state index is -3.72. The number of hydrogen-bond donors (Lipinski definition) is 0. The van der Waals surface area contributed by atoms with Crippen molar-refractivity contribution in [3.63, 3.8) is 0 Å². The minimum Gasteiger partial charge on any atom is -0.448 e. The SMILES string of the molecule is C[C@@H]1CCC[C@H](COC(=O)N2CCC(N3CCOCC3)C2)N1S(=O)(=O)c1ccc(Cl)cc1. The van der Waals surface area contributed by atoms with Crippen molar-refractivity contribution < 1.29 is 22.7 Å². The first-order valence-electron chi connectivity index (χ1n) is 11.4. The van der Waals surface area contributed by atoms with Crippen LogP contribution in [0.15, 0.2) is 29.2 Å². The highest BCUT2D eigenvalue weighted by molar-refractivity contribution is 7.89. The zero-order valence-electron chi connectivity index (χ0n) is 18.5. The van der Waals surface area contributed by atoms with Gasteiger partial charge in [-0.05, 0) is 50.5 Å². The molecule has 0 bridgehead atoms. The average Bonchev–Trinajstić information content (AvgIpc) is 3.29. The lowest BCUT2D eigenvalue weighted by molar-refractivity contribution is 0.0177. The van der Waals surface area contributed by atoms with Crippen LogP contribution >= 0.6 is 11.6 Å². The third-order valence-corrected chi connectivity index (χ3v) is 9.06. The van der Waals surface area contributed by atoms with Gasteiger partial charge in [-0.2, -0.15) is 4.31 Å². The molecule has 32 heavy (non-hydrogen) atoms. The van der Waals surface area contributed by atoms with Crippen LogP contribution in [-0.2, 0) is 19.5 Å². The number of rotatable bonds is 5. The van der Waals surface area contributed by atoms with Gasteiger partial charge >= 0.3 is 6.09 Å². The highest BCUT2D eigenvalue weighted by atomic mass is 35.5. The third kappa shape index (κ3) is 5.22. The number of nitrogens with zero attached hydrogens (tertiary/aromatic N) is 3. The van der Waals surface area contributed by atoms with Gasteiger partial charge in [0.2, 0.25) is 10.0 Å². The summed E-state index contributed by atoms with van der Waals surface area (Å²) in [6.45, 7) is 6.54. The lowest BCUT2D eigenvalue weighted by atomic mass is 10.0. The number of sulfonamides is 1. The lowest BCUT2D eigenvalue weighted by Gasteiger charge is -2.39. The fourth-order valence-electron chi connectivity index (χ4n) is 4.99. The number of ether oxygens (including phenoxy) is 2. The maximum absolute atomic E-state index is 13.4. The summed E-state index contributed by atoms with van der Waals surface area (Å²) in [4.78, 5) is 17.1. The number of likely N-dealkylation sites (tertiary alicyclic amines) is 1. The molecule has 1 aromatic rings. The summed E-state index contributed by atoms with van der Waals surface area (Å²) >= 11 is 5.93. The number of carbonyl (C=O) groups is 1. The third-order valence-electron chi connectivity index (χ3n) is 6.73. The van der Waals surface area contributed by atoms with E-state index in [-0.39, 0.29) is 29.7 Å². The molecule has 3 fully saturated rings. The number of benzene rings is 1. The molecule has 3 saturated heterocycles. The Balaban J connectivity index is 1.38. The lowest BCUT2D eigenvalue weighted by Crippen LogP contribution is -2.51. The first-order chi connectivity index (χ1) is 15.4. The molecule has 3 aliphatic rings. The zero-order valence-corrected chi connectivity index (χ0v) is 20.1. The summed E-state index contributed by atoms with van der Waals surface area (Å²) in [6.07, 6.45) is 2.92. The van der Waals surface area contributed by atoms with Gasteiger partial charge < -0.3 is 14.4 Å². The van der Waals surface area contributed by atoms with Gasteiger partial charge in [0.05, 0.1) is 24.2 Å². The van der Waals surface area contributed by atoms with E-state index in [1.807, 2.05) is 6.92 Å². The van der Waals surface area contributed by atoms with Crippen LogP contribution < -0.4 is 0 Å². The van der Waals surface area contributed by atoms with E-state index in [4.69, 9.17) is 21.1 Å². The Bertz CT molecular complexity index is 891. The summed E-state index contributed by atoms with van der Waals surface area (Å²) < 4.78 is 39.3. The maximum atomic E-state index is 13.4. The molecule has 3 heterocycles. The van der Waals surface area contributed by atoms with Crippen LogP contribution in [0.5, 0.6) is 0 Å². The predicted molar refractivity (Wildman–Crippen MR) is 121 cm³/mol. The molecule has 0 saturated carbocycles. The van der Waals surface area contributed by atoms with Crippen molar-refractivity contribution in [3.05, 3.63) is 29.3 Å². The second-order valence-corrected chi connectivity index (χ2v) is 11.1. The molecule has 0 N–H and O–H groups in total. The van der Waals surface area contributed by atoms with Gasteiger partial charge in [0.15, 0.2) is 0 Å². The van der Waals surface area contributed by atoms with Gasteiger partial charge in [-0.3, -0.25) is 4.90 Å². The van der Waals surface area contributed by atoms with E-state index in [2.05, 4.69) is 4.90 Å². The molecule has 1 aromatic carbocycles. The minimum absolute atomic E-state index is 0.0642. The van der Waals surface area contributed by atoms with E-state index in [0.29, 0.717) is 30.6 Å². The molecule has 10 heteroatoms. The molecule has 3 atom stereocenters. The quantitative estimate of drug-likeness (QED) is 0.638. The van der Waals surface area contributed by atoms with Crippen molar-refractivity contribution in [1.82, 2.24) is 14.1 Å². The summed E-state index contributed by atoms with van der Waals surface area (Å²) in [5.41, 5.74) is 0. The van der Waals surface area contributed by atoms with Crippen molar-refractivity contribution >= 4 is 27.7 Å². The predicted octanol–water partition coefficient (Wildman–Crippen LogP) is 2.81. The number of morpholine rings is 1. The Kier molecular flexibility index (Phi) is 7.62. The molecule has 1 amide bonds. The molecule has 1 unspecified atom stereocenters. The highest BCUT2D eigenvalue weighted by Gasteiger charge is 2.39. The summed E-state index contributed by atoms with van der Waals surface area (Å²) in [5, 5.41) is 0.488. The normalized spacial score (nSPS) is 28.1. The van der Waals surface area contributed by atoms with E-state index in [9.17, 15) is 13.2 Å². The standard InChI is InChI=1S/C22H32ClN3O5S/c1-17-3-2-4-20(26(17)32(28,29)21-7-5-18(23)6-8-21)16-31-22(27)25-10-9-19(15-25)24-11-13-30-14-12-24/h5-8,17,19-20H,2-4,9-16H2,1H3/t17-,19?,20-/m1/s1. The van der Waals surface area contributed by atoms with Crippen molar-refractivity contribution in [2.45, 2.75) is 55.6 Å². The Morgan fingerprint density at radius 1 is 1.12 bits per heavy atom. The summed E-state index contributed by atoms with van der Waals surface area (Å²) in [6, 6.07) is 6.01. The van der Waals surface area contributed by atoms with E-state index in [1.54, 1.807) is 17.0 Å². The van der Waals surface area contributed by atoms with Gasteiger partial charge in [0.1, 0.15) is 6.61 Å². The number of piperidine rings is 1. The monoisotopic (exact) mass is 485 g/mol. The van der Waals surface area contributed by atoms with Crippen molar-refractivity contribution in [3.8, 4) is 0 Å². The molecule has 0 spiro atoms. The van der Waals surface area contributed by atoms with Crippen molar-refractivity contribution in [2.75, 3.05) is 46.0 Å². The zero-order chi connectivity index (χ0) is 22.7. The smallest absolute Gasteiger partial charge is 0.409 e. The molecule has 0 radical (unpaired) electrons. The first-order valence-corrected chi connectivity index (χ1v) is 13.2. The number of amides is 1.